The van der Waals surface area contributed by atoms with Crippen LogP contribution >= 0.6 is 0 Å². The largest absolute Gasteiger partial charge is 0.546 e. The Bertz CT molecular complexity index is 1330. The molecule has 3 aromatic rings. The van der Waals surface area contributed by atoms with Crippen LogP contribution in [0.3, 0.4) is 0 Å². The van der Waals surface area contributed by atoms with Gasteiger partial charge in [-0.2, -0.15) is 0 Å². The van der Waals surface area contributed by atoms with Crippen LogP contribution in [0.15, 0.2) is 84.0 Å². The van der Waals surface area contributed by atoms with E-state index < -0.39 is 18.6 Å². The first-order chi connectivity index (χ1) is 19.5. The van der Waals surface area contributed by atoms with Crippen molar-refractivity contribution in [3.8, 4) is 5.75 Å². The number of nitrogens with one attached hydrogen (secondary N) is 5. The van der Waals surface area contributed by atoms with Crippen molar-refractivity contribution in [3.63, 3.8) is 0 Å². The van der Waals surface area contributed by atoms with Gasteiger partial charge in [0.05, 0.1) is 11.5 Å². The van der Waals surface area contributed by atoms with Crippen molar-refractivity contribution < 1.29 is 24.2 Å². The maximum atomic E-state index is 13.3. The number of carboxylic acid groups (broad SMARTS) is 1. The quantitative estimate of drug-likeness (QED) is 0.185. The Morgan fingerprint density at radius 1 is 0.925 bits per heavy atom. The van der Waals surface area contributed by atoms with Crippen LogP contribution in [0.5, 0.6) is 5.75 Å². The normalized spacial score (nSPS) is 12.8. The van der Waals surface area contributed by atoms with Gasteiger partial charge < -0.3 is 25.3 Å². The number of benzene rings is 3. The summed E-state index contributed by atoms with van der Waals surface area (Å²) in [6, 6.07) is 23.0. The Hall–Kier alpha value is -4.90. The van der Waals surface area contributed by atoms with E-state index in [1.54, 1.807) is 42.5 Å². The van der Waals surface area contributed by atoms with Gasteiger partial charge in [0.2, 0.25) is 5.91 Å². The number of unbranched alkanes of at least 4 members (excludes halogenated alkanes) is 1. The number of hydrogen-bond donors (Lipinski definition) is 5. The first kappa shape index (κ1) is 28.1. The smallest absolute Gasteiger partial charge is 0.251 e. The minimum atomic E-state index is -1.36. The zero-order chi connectivity index (χ0) is 28.2. The molecule has 1 heterocycles. The molecule has 0 aromatic heterocycles. The molecule has 4 rings (SSSR count). The zero-order valence-electron chi connectivity index (χ0n) is 21.8. The molecular formula is C29H31N6O5-. The average molecular weight is 544 g/mol. The second-order valence-corrected chi connectivity index (χ2v) is 9.14. The number of hydrazine groups is 2. The van der Waals surface area contributed by atoms with E-state index >= 15 is 0 Å². The summed E-state index contributed by atoms with van der Waals surface area (Å²) in [5.74, 6) is -1.41. The van der Waals surface area contributed by atoms with Gasteiger partial charge in [-0.15, -0.1) is 10.6 Å². The second kappa shape index (κ2) is 14.3. The van der Waals surface area contributed by atoms with Gasteiger partial charge in [0.1, 0.15) is 18.4 Å². The second-order valence-electron chi connectivity index (χ2n) is 9.14. The molecule has 40 heavy (non-hydrogen) atoms. The fourth-order valence-corrected chi connectivity index (χ4v) is 4.19. The summed E-state index contributed by atoms with van der Waals surface area (Å²) in [7, 11) is 0. The number of amides is 2. The Labute approximate surface area is 232 Å². The lowest BCUT2D eigenvalue weighted by atomic mass is 10.0. The lowest BCUT2D eigenvalue weighted by Crippen LogP contribution is -2.48. The SMILES string of the molecule is O=C([O-])COc1ccc(CC(NC(=O)c2ccccc2)C(=O)NCCCCc2ccccc2)cc1C1=NNNN1. The topological polar surface area (TPSA) is 156 Å². The van der Waals surface area contributed by atoms with E-state index in [1.165, 1.54) is 5.56 Å². The maximum absolute atomic E-state index is 13.3. The molecule has 3 aromatic carbocycles. The third-order valence-electron chi connectivity index (χ3n) is 6.18. The van der Waals surface area contributed by atoms with E-state index in [0.717, 1.165) is 19.3 Å². The molecule has 0 radical (unpaired) electrons. The number of aliphatic carboxylic acids is 1. The molecule has 0 fully saturated rings. The number of ether oxygens (including phenoxy) is 1. The summed E-state index contributed by atoms with van der Waals surface area (Å²) in [6.07, 6.45) is 2.80. The number of carboxylic acids is 1. The standard InChI is InChI=1S/C29H32N6O5/c36-26(37)19-40-25-15-14-21(17-23(25)27-32-34-35-33-27)18-24(31-28(38)22-12-5-2-6-13-22)29(39)30-16-8-7-11-20-9-3-1-4-10-20/h1-6,9-10,12-15,17,24,34-35H,7-8,11,16,18-19H2,(H,30,39)(H,31,38)(H,32,33)(H,36,37)/p-1. The van der Waals surface area contributed by atoms with Gasteiger partial charge in [-0.05, 0) is 54.7 Å². The zero-order valence-corrected chi connectivity index (χ0v) is 21.8. The van der Waals surface area contributed by atoms with Gasteiger partial charge in [-0.1, -0.05) is 54.6 Å². The van der Waals surface area contributed by atoms with Gasteiger partial charge in [0.15, 0.2) is 5.84 Å². The Balaban J connectivity index is 1.45. The van der Waals surface area contributed by atoms with Crippen molar-refractivity contribution in [3.05, 3.63) is 101 Å². The molecule has 0 saturated heterocycles. The van der Waals surface area contributed by atoms with Crippen LogP contribution in [-0.2, 0) is 22.4 Å². The molecule has 0 saturated carbocycles. The van der Waals surface area contributed by atoms with E-state index in [4.69, 9.17) is 4.74 Å². The molecule has 0 bridgehead atoms. The van der Waals surface area contributed by atoms with E-state index in [9.17, 15) is 19.5 Å². The molecule has 2 amide bonds. The average Bonchev–Trinajstić information content (AvgIpc) is 3.52. The van der Waals surface area contributed by atoms with E-state index in [1.807, 2.05) is 24.3 Å². The minimum absolute atomic E-state index is 0.177. The van der Waals surface area contributed by atoms with Gasteiger partial charge in [0, 0.05) is 18.5 Å². The molecule has 208 valence electrons. The Morgan fingerprint density at radius 3 is 2.38 bits per heavy atom. The summed E-state index contributed by atoms with van der Waals surface area (Å²) >= 11 is 0. The Kier molecular flexibility index (Phi) is 10.1. The highest BCUT2D eigenvalue weighted by atomic mass is 16.5. The number of aryl methyl sites for hydroxylation is 1. The summed E-state index contributed by atoms with van der Waals surface area (Å²) in [5, 5.41) is 20.8. The molecule has 11 nitrogen and oxygen atoms in total. The number of carbonyl (C=O) groups is 3. The van der Waals surface area contributed by atoms with Crippen molar-refractivity contribution in [1.29, 1.82) is 0 Å². The van der Waals surface area contributed by atoms with Crippen LogP contribution in [-0.4, -0.2) is 42.8 Å². The summed E-state index contributed by atoms with van der Waals surface area (Å²) in [4.78, 5) is 37.1. The lowest BCUT2D eigenvalue weighted by molar-refractivity contribution is -0.307. The first-order valence-corrected chi connectivity index (χ1v) is 13.0. The van der Waals surface area contributed by atoms with E-state index in [2.05, 4.69) is 44.4 Å². The van der Waals surface area contributed by atoms with Crippen molar-refractivity contribution in [2.24, 2.45) is 5.10 Å². The predicted molar refractivity (Wildman–Crippen MR) is 147 cm³/mol. The van der Waals surface area contributed by atoms with Crippen LogP contribution in [0, 0.1) is 0 Å². The third-order valence-corrected chi connectivity index (χ3v) is 6.18. The van der Waals surface area contributed by atoms with Crippen molar-refractivity contribution in [2.75, 3.05) is 13.2 Å². The van der Waals surface area contributed by atoms with Crippen LogP contribution < -0.4 is 37.0 Å². The molecule has 1 atom stereocenters. The fourth-order valence-electron chi connectivity index (χ4n) is 4.19. The van der Waals surface area contributed by atoms with Crippen molar-refractivity contribution in [1.82, 2.24) is 27.1 Å². The van der Waals surface area contributed by atoms with Crippen molar-refractivity contribution >= 4 is 23.6 Å². The van der Waals surface area contributed by atoms with Crippen LogP contribution in [0.25, 0.3) is 0 Å². The summed E-state index contributed by atoms with van der Waals surface area (Å²) < 4.78 is 5.36. The number of hydrazone groups is 1. The van der Waals surface area contributed by atoms with Crippen LogP contribution in [0.1, 0.15) is 39.9 Å². The molecule has 5 N–H and O–H groups in total. The number of nitrogens with zero attached hydrogens (tertiary/aromatic N) is 1. The lowest BCUT2D eigenvalue weighted by Gasteiger charge is -2.20. The number of rotatable bonds is 14. The van der Waals surface area contributed by atoms with E-state index in [0.29, 0.717) is 29.1 Å². The molecule has 11 heteroatoms. The number of carbonyl (C=O) groups excluding carboxylic acids is 3. The van der Waals surface area contributed by atoms with Crippen LogP contribution in [0.2, 0.25) is 0 Å². The van der Waals surface area contributed by atoms with Gasteiger partial charge in [0.25, 0.3) is 5.91 Å². The van der Waals surface area contributed by atoms with Gasteiger partial charge in [-0.3, -0.25) is 15.0 Å². The number of hydrogen-bond acceptors (Lipinski definition) is 9. The fraction of sp³-hybridized carbons (Fsp3) is 0.241. The monoisotopic (exact) mass is 543 g/mol. The summed E-state index contributed by atoms with van der Waals surface area (Å²) in [5.41, 5.74) is 10.8. The van der Waals surface area contributed by atoms with E-state index in [-0.39, 0.29) is 24.0 Å². The third kappa shape index (κ3) is 8.30. The molecule has 1 aliphatic heterocycles. The minimum Gasteiger partial charge on any atom is -0.546 e. The Morgan fingerprint density at radius 2 is 1.68 bits per heavy atom. The molecular weight excluding hydrogens is 512 g/mol. The van der Waals surface area contributed by atoms with Gasteiger partial charge in [-0.25, -0.2) is 5.53 Å². The van der Waals surface area contributed by atoms with Crippen LogP contribution in [0.4, 0.5) is 0 Å². The molecule has 1 aliphatic rings. The highest BCUT2D eigenvalue weighted by Gasteiger charge is 2.23. The maximum Gasteiger partial charge on any atom is 0.251 e. The van der Waals surface area contributed by atoms with Gasteiger partial charge >= 0.3 is 0 Å². The highest BCUT2D eigenvalue weighted by molar-refractivity contribution is 6.01. The molecule has 0 spiro atoms. The van der Waals surface area contributed by atoms with Crippen molar-refractivity contribution in [2.45, 2.75) is 31.7 Å². The first-order valence-electron chi connectivity index (χ1n) is 13.0. The predicted octanol–water partition coefficient (Wildman–Crippen LogP) is 0.570. The number of amidine groups is 1. The summed E-state index contributed by atoms with van der Waals surface area (Å²) in [6.45, 7) is -0.161. The molecule has 0 aliphatic carbocycles. The highest BCUT2D eigenvalue weighted by Crippen LogP contribution is 2.22. The molecule has 1 unspecified atom stereocenters.